The van der Waals surface area contributed by atoms with Gasteiger partial charge in [0.25, 0.3) is 0 Å². The molecule has 0 rings (SSSR count). The molecule has 0 aromatic heterocycles. The van der Waals surface area contributed by atoms with Gasteiger partial charge in [-0.15, -0.1) is 0 Å². The van der Waals surface area contributed by atoms with Crippen LogP contribution in [0, 0.1) is 0 Å². The molecule has 0 aromatic carbocycles. The average Bonchev–Trinajstić information content (AvgIpc) is 2.57. The summed E-state index contributed by atoms with van der Waals surface area (Å²) in [6, 6.07) is 1.87. The van der Waals surface area contributed by atoms with Crippen molar-refractivity contribution >= 4 is 17.1 Å². The van der Waals surface area contributed by atoms with Gasteiger partial charge in [-0.2, -0.15) is 0 Å². The molecule has 0 radical (unpaired) electrons. The van der Waals surface area contributed by atoms with E-state index in [0.717, 1.165) is 24.9 Å². The average molecular weight is 369 g/mol. The zero-order valence-electron chi connectivity index (χ0n) is 16.0. The molecule has 8 heteroatoms. The molecular weight excluding hydrogens is 332 g/mol. The highest BCUT2D eigenvalue weighted by molar-refractivity contribution is 6.66. The van der Waals surface area contributed by atoms with Gasteiger partial charge in [0.15, 0.2) is 0 Å². The first-order chi connectivity index (χ1) is 10.8. The van der Waals surface area contributed by atoms with Crippen LogP contribution in [0.25, 0.3) is 0 Å². The molecule has 0 fully saturated rings. The summed E-state index contributed by atoms with van der Waals surface area (Å²) in [5, 5.41) is 0. The SMILES string of the molecule is CO[Si](C)(CCCOC[C@@H](C)OCCC[Si](C)(OC)OC)OC. The Morgan fingerprint density at radius 3 is 1.61 bits per heavy atom. The molecule has 0 amide bonds. The Balaban J connectivity index is 3.63. The van der Waals surface area contributed by atoms with Gasteiger partial charge in [-0.25, -0.2) is 0 Å². The van der Waals surface area contributed by atoms with Crippen molar-refractivity contribution in [3.63, 3.8) is 0 Å². The Hall–Kier alpha value is 0.194. The normalized spacial score (nSPS) is 14.2. The van der Waals surface area contributed by atoms with Crippen molar-refractivity contribution in [3.8, 4) is 0 Å². The van der Waals surface area contributed by atoms with Gasteiger partial charge in [0, 0.05) is 41.7 Å². The molecule has 1 atom stereocenters. The van der Waals surface area contributed by atoms with Crippen molar-refractivity contribution < 1.29 is 27.2 Å². The fraction of sp³-hybridized carbons (Fsp3) is 1.00. The fourth-order valence-electron chi connectivity index (χ4n) is 2.05. The summed E-state index contributed by atoms with van der Waals surface area (Å²) in [7, 11) is 2.95. The molecule has 0 aliphatic heterocycles. The van der Waals surface area contributed by atoms with Crippen LogP contribution in [0.4, 0.5) is 0 Å². The van der Waals surface area contributed by atoms with E-state index < -0.39 is 17.1 Å². The molecule has 0 saturated heterocycles. The summed E-state index contributed by atoms with van der Waals surface area (Å²) in [5.41, 5.74) is 0. The second-order valence-electron chi connectivity index (χ2n) is 6.05. The molecule has 0 saturated carbocycles. The van der Waals surface area contributed by atoms with E-state index in [2.05, 4.69) is 13.1 Å². The first kappa shape index (κ1) is 23.2. The Morgan fingerprint density at radius 2 is 1.17 bits per heavy atom. The van der Waals surface area contributed by atoms with Crippen molar-refractivity contribution in [3.05, 3.63) is 0 Å². The predicted molar refractivity (Wildman–Crippen MR) is 96.4 cm³/mol. The molecule has 140 valence electrons. The third kappa shape index (κ3) is 10.6. The van der Waals surface area contributed by atoms with E-state index in [9.17, 15) is 0 Å². The highest BCUT2D eigenvalue weighted by atomic mass is 28.4. The lowest BCUT2D eigenvalue weighted by Gasteiger charge is -2.23. The van der Waals surface area contributed by atoms with E-state index in [1.54, 1.807) is 28.4 Å². The van der Waals surface area contributed by atoms with Crippen LogP contribution >= 0.6 is 0 Å². The minimum atomic E-state index is -1.96. The summed E-state index contributed by atoms with van der Waals surface area (Å²) in [6.45, 7) is 8.19. The minimum Gasteiger partial charge on any atom is -0.398 e. The van der Waals surface area contributed by atoms with Crippen molar-refractivity contribution in [2.24, 2.45) is 0 Å². The Morgan fingerprint density at radius 1 is 0.739 bits per heavy atom. The van der Waals surface area contributed by atoms with E-state index in [0.29, 0.717) is 19.8 Å². The van der Waals surface area contributed by atoms with E-state index in [1.807, 2.05) is 6.92 Å². The van der Waals surface area contributed by atoms with Crippen LogP contribution < -0.4 is 0 Å². The fourth-order valence-corrected chi connectivity index (χ4v) is 4.77. The minimum absolute atomic E-state index is 0.0986. The Labute approximate surface area is 144 Å². The van der Waals surface area contributed by atoms with Gasteiger partial charge in [-0.1, -0.05) is 0 Å². The lowest BCUT2D eigenvalue weighted by atomic mass is 10.4. The molecule has 23 heavy (non-hydrogen) atoms. The van der Waals surface area contributed by atoms with Gasteiger partial charge in [-0.3, -0.25) is 0 Å². The van der Waals surface area contributed by atoms with Crippen LogP contribution in [0.3, 0.4) is 0 Å². The second kappa shape index (κ2) is 12.5. The molecule has 6 nitrogen and oxygen atoms in total. The molecule has 0 bridgehead atoms. The Kier molecular flexibility index (Phi) is 12.6. The van der Waals surface area contributed by atoms with Gasteiger partial charge in [0.05, 0.1) is 12.7 Å². The molecule has 0 aliphatic carbocycles. The van der Waals surface area contributed by atoms with Crippen molar-refractivity contribution in [1.82, 2.24) is 0 Å². The Bertz CT molecular complexity index is 285. The lowest BCUT2D eigenvalue weighted by molar-refractivity contribution is -0.00693. The van der Waals surface area contributed by atoms with Crippen LogP contribution in [0.15, 0.2) is 0 Å². The summed E-state index contributed by atoms with van der Waals surface area (Å²) < 4.78 is 33.2. The van der Waals surface area contributed by atoms with Gasteiger partial charge >= 0.3 is 17.1 Å². The van der Waals surface area contributed by atoms with Gasteiger partial charge in [0.1, 0.15) is 0 Å². The maximum absolute atomic E-state index is 5.76. The molecule has 0 unspecified atom stereocenters. The van der Waals surface area contributed by atoms with Crippen LogP contribution in [0.2, 0.25) is 25.2 Å². The van der Waals surface area contributed by atoms with Crippen molar-refractivity contribution in [1.29, 1.82) is 0 Å². The van der Waals surface area contributed by atoms with E-state index >= 15 is 0 Å². The maximum Gasteiger partial charge on any atom is 0.334 e. The largest absolute Gasteiger partial charge is 0.398 e. The standard InChI is InChI=1S/C15H36O6Si2/c1-15(21-11-9-13-23(7,18-4)19-5)14-20-10-8-12-22(6,16-2)17-3/h15H,8-14H2,1-7H3/t15-/m1/s1. The molecule has 0 aliphatic rings. The second-order valence-corrected chi connectivity index (χ2v) is 13.2. The first-order valence-corrected chi connectivity index (χ1v) is 13.3. The van der Waals surface area contributed by atoms with Crippen molar-refractivity contribution in [2.45, 2.75) is 51.1 Å². The van der Waals surface area contributed by atoms with Gasteiger partial charge in [0.2, 0.25) is 0 Å². The molecular formula is C15H36O6Si2. The first-order valence-electron chi connectivity index (χ1n) is 8.24. The third-order valence-electron chi connectivity index (χ3n) is 4.18. The highest BCUT2D eigenvalue weighted by Gasteiger charge is 2.28. The number of hydrogen-bond acceptors (Lipinski definition) is 6. The van der Waals surface area contributed by atoms with Crippen LogP contribution in [-0.4, -0.2) is 71.5 Å². The summed E-state index contributed by atoms with van der Waals surface area (Å²) in [6.07, 6.45) is 1.99. The van der Waals surface area contributed by atoms with E-state index in [-0.39, 0.29) is 6.10 Å². The van der Waals surface area contributed by atoms with Crippen LogP contribution in [0.1, 0.15) is 19.8 Å². The molecule has 0 spiro atoms. The van der Waals surface area contributed by atoms with E-state index in [4.69, 9.17) is 27.2 Å². The zero-order chi connectivity index (χ0) is 17.8. The van der Waals surface area contributed by atoms with Gasteiger partial charge < -0.3 is 27.2 Å². The lowest BCUT2D eigenvalue weighted by Crippen LogP contribution is -2.36. The topological polar surface area (TPSA) is 55.4 Å². The molecule has 0 aromatic rings. The highest BCUT2D eigenvalue weighted by Crippen LogP contribution is 2.15. The quantitative estimate of drug-likeness (QED) is 0.327. The number of ether oxygens (including phenoxy) is 2. The summed E-state index contributed by atoms with van der Waals surface area (Å²) >= 11 is 0. The van der Waals surface area contributed by atoms with E-state index in [1.165, 1.54) is 0 Å². The maximum atomic E-state index is 5.76. The van der Waals surface area contributed by atoms with Gasteiger partial charge in [-0.05, 0) is 44.9 Å². The van der Waals surface area contributed by atoms with Crippen LogP contribution in [-0.2, 0) is 27.2 Å². The molecule has 0 N–H and O–H groups in total. The monoisotopic (exact) mass is 368 g/mol. The smallest absolute Gasteiger partial charge is 0.334 e. The summed E-state index contributed by atoms with van der Waals surface area (Å²) in [4.78, 5) is 0. The third-order valence-corrected chi connectivity index (χ3v) is 10.2. The number of rotatable bonds is 15. The molecule has 0 heterocycles. The van der Waals surface area contributed by atoms with Crippen molar-refractivity contribution in [2.75, 3.05) is 48.3 Å². The number of hydrogen-bond donors (Lipinski definition) is 0. The predicted octanol–water partition coefficient (Wildman–Crippen LogP) is 2.92. The zero-order valence-corrected chi connectivity index (χ0v) is 18.0. The summed E-state index contributed by atoms with van der Waals surface area (Å²) in [5.74, 6) is 0. The van der Waals surface area contributed by atoms with Crippen LogP contribution in [0.5, 0.6) is 0 Å².